The molecule has 0 radical (unpaired) electrons. The number of aromatic nitrogens is 4. The number of phenolic OH excluding ortho intramolecular Hbond substituents is 1. The number of carbonyl (C=O) groups is 2. The maximum atomic E-state index is 14.2. The minimum Gasteiger partial charge on any atom is -0.507 e. The van der Waals surface area contributed by atoms with Crippen LogP contribution in [0.4, 0.5) is 5.69 Å². The van der Waals surface area contributed by atoms with Crippen LogP contribution < -0.4 is 21.1 Å². The predicted octanol–water partition coefficient (Wildman–Crippen LogP) is 4.70. The van der Waals surface area contributed by atoms with Gasteiger partial charge in [0.1, 0.15) is 30.2 Å². The molecule has 2 saturated heterocycles. The van der Waals surface area contributed by atoms with Crippen molar-refractivity contribution in [1.29, 1.82) is 5.41 Å². The minimum atomic E-state index is -0.846. The third-order valence-electron chi connectivity index (χ3n) is 10.9. The number of ether oxygens (including phenoxy) is 1. The highest BCUT2D eigenvalue weighted by atomic mass is 32.1. The van der Waals surface area contributed by atoms with Crippen LogP contribution in [0.2, 0.25) is 0 Å². The van der Waals surface area contributed by atoms with Gasteiger partial charge in [-0.1, -0.05) is 50.2 Å². The van der Waals surface area contributed by atoms with Gasteiger partial charge in [0.05, 0.1) is 39.6 Å². The molecule has 5 aromatic rings. The van der Waals surface area contributed by atoms with Crippen LogP contribution in [0.1, 0.15) is 68.3 Å². The van der Waals surface area contributed by atoms with E-state index in [4.69, 9.17) is 20.4 Å². The van der Waals surface area contributed by atoms with E-state index < -0.39 is 18.1 Å². The number of β-amino-alcohol motifs (C(OH)–C–C–N with tert-alkyl or cyclic N) is 1. The number of aliphatic hydroxyl groups is 1. The van der Waals surface area contributed by atoms with Gasteiger partial charge in [-0.3, -0.25) is 19.9 Å². The number of hydrogen-bond acceptors (Lipinski definition) is 14. The summed E-state index contributed by atoms with van der Waals surface area (Å²) in [6, 6.07) is 17.1. The second-order valence-corrected chi connectivity index (χ2v) is 16.4. The number of nitrogens with one attached hydrogen (secondary N) is 3. The number of phenols is 1. The van der Waals surface area contributed by atoms with Gasteiger partial charge in [-0.15, -0.1) is 21.5 Å². The van der Waals surface area contributed by atoms with Gasteiger partial charge in [0, 0.05) is 50.3 Å². The van der Waals surface area contributed by atoms with Crippen molar-refractivity contribution >= 4 is 34.7 Å². The summed E-state index contributed by atoms with van der Waals surface area (Å²) in [4.78, 5) is 36.9. The van der Waals surface area contributed by atoms with Crippen molar-refractivity contribution in [3.05, 3.63) is 88.9 Å². The number of rotatable bonds is 15. The number of likely N-dealkylation sites (tertiary alicyclic amines) is 2. The molecule has 3 aromatic heterocycles. The largest absolute Gasteiger partial charge is 0.507 e. The van der Waals surface area contributed by atoms with E-state index in [2.05, 4.69) is 35.9 Å². The topological polar surface area (TPSA) is 229 Å². The smallest absolute Gasteiger partial charge is 0.254 e. The van der Waals surface area contributed by atoms with E-state index in [1.807, 2.05) is 57.5 Å². The van der Waals surface area contributed by atoms with Gasteiger partial charge in [-0.2, -0.15) is 0 Å². The lowest BCUT2D eigenvalue weighted by Crippen LogP contribution is -2.48. The summed E-state index contributed by atoms with van der Waals surface area (Å²) in [7, 11) is 0. The number of amides is 2. The number of aromatic hydroxyl groups is 1. The highest BCUT2D eigenvalue weighted by molar-refractivity contribution is 7.13. The van der Waals surface area contributed by atoms with Crippen LogP contribution in [-0.2, 0) is 9.59 Å². The van der Waals surface area contributed by atoms with Crippen LogP contribution >= 0.6 is 11.3 Å². The lowest BCUT2D eigenvalue weighted by molar-refractivity contribution is -0.141. The number of nitrogen functional groups attached to an aromatic ring is 1. The average molecular weight is 823 g/mol. The Bertz CT molecular complexity index is 2280. The Morgan fingerprint density at radius 2 is 1.88 bits per heavy atom. The molecule has 2 aliphatic rings. The Balaban J connectivity index is 0.928. The number of para-hydroxylation sites is 1. The summed E-state index contributed by atoms with van der Waals surface area (Å²) in [6.45, 7) is 10.1. The van der Waals surface area contributed by atoms with Crippen LogP contribution in [0, 0.1) is 18.3 Å². The number of nitrogens with two attached hydrogens (primary N) is 1. The number of thiazole rings is 1. The van der Waals surface area contributed by atoms with Gasteiger partial charge in [0.2, 0.25) is 11.8 Å². The number of anilines is 1. The number of aliphatic hydroxyl groups excluding tert-OH is 1. The normalized spacial score (nSPS) is 19.2. The van der Waals surface area contributed by atoms with E-state index in [0.717, 1.165) is 34.7 Å². The molecule has 2 aliphatic heterocycles. The fourth-order valence-electron chi connectivity index (χ4n) is 7.78. The van der Waals surface area contributed by atoms with Crippen molar-refractivity contribution in [3.8, 4) is 33.3 Å². The van der Waals surface area contributed by atoms with Crippen molar-refractivity contribution in [1.82, 2.24) is 35.5 Å². The zero-order valence-electron chi connectivity index (χ0n) is 33.5. The molecule has 310 valence electrons. The second kappa shape index (κ2) is 17.9. The summed E-state index contributed by atoms with van der Waals surface area (Å²) in [5, 5.41) is 48.0. The molecular weight excluding hydrogens is 773 g/mol. The SMILES string of the molecule is Cc1ncsc1-c1ccc([C@H](C)NC(=O)[C@@H]2C[C@@H](O)CN2C(=O)C(c2cc(OCCN3CCC(Nc4cc(-c5ccccc5O)nnc4C(=N)N)C3)no2)C(C)C)cc1. The van der Waals surface area contributed by atoms with Crippen molar-refractivity contribution < 1.29 is 29.1 Å². The molecule has 2 aromatic carbocycles. The van der Waals surface area contributed by atoms with Crippen molar-refractivity contribution in [2.45, 2.75) is 70.7 Å². The quantitative estimate of drug-likeness (QED) is 0.0623. The van der Waals surface area contributed by atoms with Gasteiger partial charge in [-0.25, -0.2) is 4.98 Å². The Labute approximate surface area is 346 Å². The molecule has 0 saturated carbocycles. The number of benzene rings is 2. The zero-order chi connectivity index (χ0) is 41.8. The fraction of sp³-hybridized carbons (Fsp3) is 0.405. The summed E-state index contributed by atoms with van der Waals surface area (Å²) in [6.07, 6.45) is 0.113. The Kier molecular flexibility index (Phi) is 12.5. The first-order chi connectivity index (χ1) is 28.4. The lowest BCUT2D eigenvalue weighted by atomic mass is 9.91. The zero-order valence-corrected chi connectivity index (χ0v) is 34.3. The van der Waals surface area contributed by atoms with E-state index >= 15 is 0 Å². The first-order valence-corrected chi connectivity index (χ1v) is 20.6. The number of carbonyl (C=O) groups excluding carboxylic acids is 2. The monoisotopic (exact) mass is 822 g/mol. The van der Waals surface area contributed by atoms with Crippen LogP contribution in [-0.4, -0.2) is 109 Å². The molecule has 16 nitrogen and oxygen atoms in total. The highest BCUT2D eigenvalue weighted by Crippen LogP contribution is 2.34. The maximum absolute atomic E-state index is 14.2. The Hall–Kier alpha value is -5.91. The molecule has 5 heterocycles. The van der Waals surface area contributed by atoms with Crippen molar-refractivity contribution in [2.24, 2.45) is 11.7 Å². The van der Waals surface area contributed by atoms with Crippen LogP contribution in [0.3, 0.4) is 0 Å². The Morgan fingerprint density at radius 1 is 1.10 bits per heavy atom. The van der Waals surface area contributed by atoms with E-state index in [-0.39, 0.29) is 65.9 Å². The molecule has 59 heavy (non-hydrogen) atoms. The third kappa shape index (κ3) is 9.37. The molecule has 2 amide bonds. The minimum absolute atomic E-state index is 0.0338. The summed E-state index contributed by atoms with van der Waals surface area (Å²) < 4.78 is 11.7. The third-order valence-corrected chi connectivity index (χ3v) is 11.9. The Morgan fingerprint density at radius 3 is 2.59 bits per heavy atom. The molecule has 0 bridgehead atoms. The molecule has 2 fully saturated rings. The number of nitrogens with zero attached hydrogens (tertiary/aromatic N) is 6. The summed E-state index contributed by atoms with van der Waals surface area (Å²) >= 11 is 1.58. The standard InChI is InChI=1S/C42H50N10O6S/c1-23(2)37(42(56)52-21-29(53)17-33(52)41(55)46-24(3)26-9-11-27(12-10-26)39-25(4)45-22-59-39)35-19-36(50-58-35)57-16-15-51-14-13-28(20-51)47-32-18-31(48-49-38(32)40(43)44)30-7-5-6-8-34(30)54/h5-12,18-19,22-24,28-29,33,37,53-54H,13-17,20-21H2,1-4H3,(H3,43,44)(H,46,55)(H,47,48)/t24-,28?,29+,33-,37?/m0/s1. The highest BCUT2D eigenvalue weighted by Gasteiger charge is 2.43. The number of hydrogen-bond donors (Lipinski definition) is 6. The molecule has 2 unspecified atom stereocenters. The molecule has 7 rings (SSSR count). The molecule has 0 aliphatic carbocycles. The van der Waals surface area contributed by atoms with Gasteiger partial charge >= 0.3 is 0 Å². The molecular formula is C42H50N10O6S. The van der Waals surface area contributed by atoms with Crippen LogP contribution in [0.5, 0.6) is 11.6 Å². The summed E-state index contributed by atoms with van der Waals surface area (Å²) in [5.74, 6) is -1.17. The van der Waals surface area contributed by atoms with Gasteiger partial charge in [0.25, 0.3) is 5.88 Å². The first kappa shape index (κ1) is 41.3. The average Bonchev–Trinajstić information content (AvgIpc) is 4.03. The van der Waals surface area contributed by atoms with E-state index in [9.17, 15) is 19.8 Å². The van der Waals surface area contributed by atoms with Crippen LogP contribution in [0.25, 0.3) is 21.7 Å². The first-order valence-electron chi connectivity index (χ1n) is 19.7. The van der Waals surface area contributed by atoms with E-state index in [1.54, 1.807) is 47.7 Å². The fourth-order valence-corrected chi connectivity index (χ4v) is 8.59. The maximum Gasteiger partial charge on any atom is 0.254 e. The lowest BCUT2D eigenvalue weighted by Gasteiger charge is -2.29. The molecule has 0 spiro atoms. The second-order valence-electron chi connectivity index (χ2n) is 15.5. The number of amidine groups is 1. The van der Waals surface area contributed by atoms with E-state index in [0.29, 0.717) is 42.4 Å². The van der Waals surface area contributed by atoms with Gasteiger partial charge in [-0.05, 0) is 60.7 Å². The molecule has 7 N–H and O–H groups in total. The predicted molar refractivity (Wildman–Crippen MR) is 223 cm³/mol. The number of aryl methyl sites for hydroxylation is 1. The summed E-state index contributed by atoms with van der Waals surface area (Å²) in [5.41, 5.74) is 12.4. The van der Waals surface area contributed by atoms with Gasteiger partial charge in [0.15, 0.2) is 11.5 Å². The van der Waals surface area contributed by atoms with Gasteiger partial charge < -0.3 is 40.7 Å². The molecule has 5 atom stereocenters. The van der Waals surface area contributed by atoms with E-state index in [1.165, 1.54) is 4.90 Å². The van der Waals surface area contributed by atoms with Crippen molar-refractivity contribution in [3.63, 3.8) is 0 Å². The van der Waals surface area contributed by atoms with Crippen molar-refractivity contribution in [2.75, 3.05) is 38.1 Å². The molecule has 17 heteroatoms. The van der Waals surface area contributed by atoms with Crippen LogP contribution in [0.15, 0.2) is 70.7 Å².